The molecule has 5 aliphatic carbocycles. The third kappa shape index (κ3) is 3.46. The van der Waals surface area contributed by atoms with Crippen molar-refractivity contribution in [3.8, 4) is 12.3 Å². The lowest BCUT2D eigenvalue weighted by atomic mass is 9.32. The van der Waals surface area contributed by atoms with Gasteiger partial charge in [0.2, 0.25) is 0 Å². The van der Waals surface area contributed by atoms with E-state index in [1.165, 1.54) is 37.7 Å². The third-order valence-corrected chi connectivity index (χ3v) is 14.1. The van der Waals surface area contributed by atoms with Gasteiger partial charge in [0, 0.05) is 17.8 Å². The van der Waals surface area contributed by atoms with Crippen LogP contribution in [0.3, 0.4) is 0 Å². The fourth-order valence-electron chi connectivity index (χ4n) is 12.2. The maximum absolute atomic E-state index is 11.9. The molecule has 0 aromatic rings. The number of aliphatic hydroxyl groups excluding tert-OH is 1. The van der Waals surface area contributed by atoms with E-state index in [1.807, 2.05) is 0 Å². The molecule has 0 spiro atoms. The number of terminal acetylenes is 1. The first-order chi connectivity index (χ1) is 17.2. The topological polar surface area (TPSA) is 46.5 Å². The molecule has 0 heterocycles. The van der Waals surface area contributed by atoms with E-state index in [-0.39, 0.29) is 39.1 Å². The minimum atomic E-state index is -0.650. The molecular formula is C34H52O3. The Balaban J connectivity index is 1.52. The van der Waals surface area contributed by atoms with Crippen LogP contribution in [0.1, 0.15) is 113 Å². The van der Waals surface area contributed by atoms with Crippen LogP contribution in [0.5, 0.6) is 0 Å². The highest BCUT2D eigenvalue weighted by atomic mass is 16.5. The Kier molecular flexibility index (Phi) is 6.36. The molecule has 5 saturated carbocycles. The van der Waals surface area contributed by atoms with Crippen molar-refractivity contribution >= 4 is 5.97 Å². The van der Waals surface area contributed by atoms with Crippen molar-refractivity contribution in [2.24, 2.45) is 56.7 Å². The third-order valence-electron chi connectivity index (χ3n) is 14.1. The molecule has 3 nitrogen and oxygen atoms in total. The molecule has 3 heteroatoms. The van der Waals surface area contributed by atoms with E-state index in [1.54, 1.807) is 6.92 Å². The molecule has 37 heavy (non-hydrogen) atoms. The first-order valence-corrected chi connectivity index (χ1v) is 15.2. The molecule has 5 aliphatic rings. The van der Waals surface area contributed by atoms with Crippen LogP contribution in [0.25, 0.3) is 0 Å². The highest BCUT2D eigenvalue weighted by molar-refractivity contribution is 5.66. The fraction of sp³-hybridized carbons (Fsp3) is 0.853. The van der Waals surface area contributed by atoms with Gasteiger partial charge < -0.3 is 9.84 Å². The summed E-state index contributed by atoms with van der Waals surface area (Å²) >= 11 is 0. The smallest absolute Gasteiger partial charge is 0.302 e. The molecule has 206 valence electrons. The summed E-state index contributed by atoms with van der Waals surface area (Å²) in [6, 6.07) is 0. The molecule has 5 rings (SSSR count). The summed E-state index contributed by atoms with van der Waals surface area (Å²) < 4.78 is 5.91. The molecule has 0 unspecified atom stereocenters. The number of hydrogen-bond donors (Lipinski definition) is 1. The Hall–Kier alpha value is -1.27. The Bertz CT molecular complexity index is 1010. The van der Waals surface area contributed by atoms with E-state index in [0.29, 0.717) is 29.6 Å². The standard InChI is InChI=1S/C34H52O3/c1-10-27(36)34-18-13-23(21(2)3)29(34)24-11-12-26-31(7)16-15-28(37-22(4)35)30(5,6)25(31)14-17-33(26,9)32(24,8)19-20-34/h1,23-29,36H,2,11-20H2,3-9H3/t23-,24+,25-,26+,27-,28-,29+,31-,32+,33+,34+/m0/s1. The maximum Gasteiger partial charge on any atom is 0.302 e. The number of aliphatic hydroxyl groups is 1. The predicted molar refractivity (Wildman–Crippen MR) is 149 cm³/mol. The van der Waals surface area contributed by atoms with Crippen LogP contribution in [-0.4, -0.2) is 23.3 Å². The molecule has 1 N–H and O–H groups in total. The number of esters is 1. The molecule has 0 aromatic heterocycles. The number of hydrogen-bond acceptors (Lipinski definition) is 3. The zero-order valence-corrected chi connectivity index (χ0v) is 24.7. The monoisotopic (exact) mass is 508 g/mol. The molecule has 0 amide bonds. The summed E-state index contributed by atoms with van der Waals surface area (Å²) in [6.45, 7) is 20.8. The van der Waals surface area contributed by atoms with Gasteiger partial charge in [-0.3, -0.25) is 4.79 Å². The van der Waals surface area contributed by atoms with E-state index in [9.17, 15) is 9.90 Å². The molecule has 0 saturated heterocycles. The van der Waals surface area contributed by atoms with Crippen molar-refractivity contribution in [3.05, 3.63) is 12.2 Å². The zero-order valence-electron chi connectivity index (χ0n) is 24.7. The molecule has 5 fully saturated rings. The van der Waals surface area contributed by atoms with Crippen LogP contribution in [0.15, 0.2) is 12.2 Å². The van der Waals surface area contributed by atoms with Crippen LogP contribution in [0.2, 0.25) is 0 Å². The number of carbonyl (C=O) groups is 1. The van der Waals surface area contributed by atoms with Gasteiger partial charge >= 0.3 is 5.97 Å². The van der Waals surface area contributed by atoms with Crippen LogP contribution >= 0.6 is 0 Å². The van der Waals surface area contributed by atoms with Gasteiger partial charge in [-0.15, -0.1) is 6.42 Å². The van der Waals surface area contributed by atoms with Crippen LogP contribution in [-0.2, 0) is 9.53 Å². The quantitative estimate of drug-likeness (QED) is 0.243. The van der Waals surface area contributed by atoms with Crippen molar-refractivity contribution in [3.63, 3.8) is 0 Å². The van der Waals surface area contributed by atoms with E-state index >= 15 is 0 Å². The summed E-state index contributed by atoms with van der Waals surface area (Å²) in [4.78, 5) is 11.9. The number of allylic oxidation sites excluding steroid dienone is 1. The highest BCUT2D eigenvalue weighted by Gasteiger charge is 2.71. The number of ether oxygens (including phenoxy) is 1. The summed E-state index contributed by atoms with van der Waals surface area (Å²) in [5.41, 5.74) is 1.90. The second-order valence-electron chi connectivity index (χ2n) is 15.4. The van der Waals surface area contributed by atoms with Gasteiger partial charge in [0.1, 0.15) is 12.2 Å². The van der Waals surface area contributed by atoms with Crippen molar-refractivity contribution in [1.29, 1.82) is 0 Å². The van der Waals surface area contributed by atoms with E-state index in [4.69, 9.17) is 11.2 Å². The lowest BCUT2D eigenvalue weighted by Crippen LogP contribution is -2.67. The molecule has 0 aromatic carbocycles. The summed E-state index contributed by atoms with van der Waals surface area (Å²) in [5.74, 6) is 5.38. The lowest BCUT2D eigenvalue weighted by Gasteiger charge is -2.73. The first kappa shape index (κ1) is 27.3. The van der Waals surface area contributed by atoms with Gasteiger partial charge in [0.15, 0.2) is 0 Å². The Labute approximate surface area is 226 Å². The summed E-state index contributed by atoms with van der Waals surface area (Å²) in [7, 11) is 0. The van der Waals surface area contributed by atoms with E-state index in [2.05, 4.69) is 54.0 Å². The number of fused-ring (bicyclic) bond motifs is 7. The fourth-order valence-corrected chi connectivity index (χ4v) is 12.2. The Morgan fingerprint density at radius 1 is 0.919 bits per heavy atom. The van der Waals surface area contributed by atoms with Crippen LogP contribution in [0.4, 0.5) is 0 Å². The lowest BCUT2D eigenvalue weighted by molar-refractivity contribution is -0.253. The van der Waals surface area contributed by atoms with Gasteiger partial charge in [-0.25, -0.2) is 0 Å². The van der Waals surface area contributed by atoms with Gasteiger partial charge in [-0.05, 0) is 117 Å². The number of carbonyl (C=O) groups excluding carboxylic acids is 1. The second kappa shape index (κ2) is 8.61. The van der Waals surface area contributed by atoms with Gasteiger partial charge in [-0.2, -0.15) is 0 Å². The largest absolute Gasteiger partial charge is 0.462 e. The minimum Gasteiger partial charge on any atom is -0.462 e. The average Bonchev–Trinajstić information content (AvgIpc) is 3.22. The van der Waals surface area contributed by atoms with Gasteiger partial charge in [0.25, 0.3) is 0 Å². The van der Waals surface area contributed by atoms with E-state index < -0.39 is 6.10 Å². The van der Waals surface area contributed by atoms with Gasteiger partial charge in [-0.1, -0.05) is 52.7 Å². The van der Waals surface area contributed by atoms with Gasteiger partial charge in [0.05, 0.1) is 0 Å². The number of rotatable bonds is 3. The molecule has 0 bridgehead atoms. The molecule has 11 atom stereocenters. The molecular weight excluding hydrogens is 456 g/mol. The summed E-state index contributed by atoms with van der Waals surface area (Å²) in [6.07, 6.45) is 16.7. The Morgan fingerprint density at radius 2 is 1.62 bits per heavy atom. The van der Waals surface area contributed by atoms with Crippen molar-refractivity contribution in [2.45, 2.75) is 125 Å². The molecule has 0 radical (unpaired) electrons. The Morgan fingerprint density at radius 3 is 2.24 bits per heavy atom. The molecule has 0 aliphatic heterocycles. The highest BCUT2D eigenvalue weighted by Crippen LogP contribution is 2.77. The minimum absolute atomic E-state index is 0.00707. The second-order valence-corrected chi connectivity index (χ2v) is 15.4. The average molecular weight is 509 g/mol. The summed E-state index contributed by atoms with van der Waals surface area (Å²) in [5, 5.41) is 11.3. The van der Waals surface area contributed by atoms with Crippen LogP contribution in [0, 0.1) is 69.0 Å². The van der Waals surface area contributed by atoms with Crippen molar-refractivity contribution in [1.82, 2.24) is 0 Å². The predicted octanol–water partition coefficient (Wildman–Crippen LogP) is 7.57. The van der Waals surface area contributed by atoms with E-state index in [0.717, 1.165) is 32.1 Å². The first-order valence-electron chi connectivity index (χ1n) is 15.2. The SMILES string of the molecule is C#C[C@H](O)[C@]12CC[C@@H](C(=C)C)[C@@H]1[C@H]1CC[C@@H]3[C@@]4(C)CC[C@H](OC(C)=O)C(C)(C)[C@@H]4CC[C@@]3(C)[C@]1(C)CC2. The zero-order chi connectivity index (χ0) is 27.2. The van der Waals surface area contributed by atoms with Crippen molar-refractivity contribution in [2.75, 3.05) is 0 Å². The normalized spacial score (nSPS) is 50.9. The maximum atomic E-state index is 11.9. The van der Waals surface area contributed by atoms with Crippen molar-refractivity contribution < 1.29 is 14.6 Å². The van der Waals surface area contributed by atoms with Crippen LogP contribution < -0.4 is 0 Å².